The molecule has 0 aliphatic carbocycles. The van der Waals surface area contributed by atoms with Crippen LogP contribution in [-0.4, -0.2) is 41.0 Å². The molecular weight excluding hydrogens is 249 g/mol. The van der Waals surface area contributed by atoms with Crippen molar-refractivity contribution in [2.24, 2.45) is 0 Å². The van der Waals surface area contributed by atoms with Crippen LogP contribution in [0.15, 0.2) is 30.5 Å². The molecule has 1 heterocycles. The largest absolute Gasteiger partial charge is 0.343 e. The Balaban J connectivity index is 2.40. The van der Waals surface area contributed by atoms with E-state index in [1.165, 1.54) is 27.8 Å². The van der Waals surface area contributed by atoms with Crippen molar-refractivity contribution in [1.82, 2.24) is 14.7 Å². The number of amides is 1. The van der Waals surface area contributed by atoms with Crippen molar-refractivity contribution in [3.63, 3.8) is 0 Å². The maximum atomic E-state index is 13.3. The third kappa shape index (κ3) is 2.67. The minimum absolute atomic E-state index is 0.214. The van der Waals surface area contributed by atoms with Crippen molar-refractivity contribution < 1.29 is 14.0 Å². The number of aldehydes is 1. The van der Waals surface area contributed by atoms with E-state index in [0.29, 0.717) is 12.0 Å². The molecule has 1 aromatic heterocycles. The summed E-state index contributed by atoms with van der Waals surface area (Å²) in [5, 5.41) is 4.06. The first-order chi connectivity index (χ1) is 9.01. The Labute approximate surface area is 109 Å². The van der Waals surface area contributed by atoms with Gasteiger partial charge in [0, 0.05) is 25.9 Å². The fourth-order valence-electron chi connectivity index (χ4n) is 1.61. The number of nitrogens with zero attached hydrogens (tertiary/aromatic N) is 3. The number of hydrogen-bond donors (Lipinski definition) is 0. The summed E-state index contributed by atoms with van der Waals surface area (Å²) in [6, 6.07) is 5.40. The average molecular weight is 261 g/mol. The van der Waals surface area contributed by atoms with Gasteiger partial charge in [-0.05, 0) is 24.3 Å². The SMILES string of the molecule is CN(C)C(=O)c1ccn(-c2cc(F)cc(C=O)c2)n1. The Morgan fingerprint density at radius 2 is 2.11 bits per heavy atom. The number of rotatable bonds is 3. The molecular formula is C13H12FN3O2. The zero-order valence-electron chi connectivity index (χ0n) is 10.5. The molecule has 0 aliphatic heterocycles. The number of benzene rings is 1. The predicted octanol–water partition coefficient (Wildman–Crippen LogP) is 1.53. The van der Waals surface area contributed by atoms with Crippen molar-refractivity contribution in [2.75, 3.05) is 14.1 Å². The summed E-state index contributed by atoms with van der Waals surface area (Å²) in [7, 11) is 3.24. The molecule has 0 spiro atoms. The molecule has 6 heteroatoms. The van der Waals surface area contributed by atoms with Crippen LogP contribution in [0.5, 0.6) is 0 Å². The summed E-state index contributed by atoms with van der Waals surface area (Å²) in [6.45, 7) is 0. The van der Waals surface area contributed by atoms with E-state index >= 15 is 0 Å². The lowest BCUT2D eigenvalue weighted by atomic mass is 10.2. The van der Waals surface area contributed by atoms with Gasteiger partial charge in [-0.25, -0.2) is 9.07 Å². The Morgan fingerprint density at radius 3 is 2.74 bits per heavy atom. The number of halogens is 1. The van der Waals surface area contributed by atoms with E-state index in [1.54, 1.807) is 20.3 Å². The van der Waals surface area contributed by atoms with Crippen LogP contribution in [0.3, 0.4) is 0 Å². The molecule has 2 aromatic rings. The van der Waals surface area contributed by atoms with Gasteiger partial charge in [-0.3, -0.25) is 9.59 Å². The van der Waals surface area contributed by atoms with Gasteiger partial charge in [0.25, 0.3) is 5.91 Å². The maximum Gasteiger partial charge on any atom is 0.273 e. The van der Waals surface area contributed by atoms with Gasteiger partial charge >= 0.3 is 0 Å². The Hall–Kier alpha value is -2.50. The van der Waals surface area contributed by atoms with Crippen LogP contribution in [-0.2, 0) is 0 Å². The second-order valence-corrected chi connectivity index (χ2v) is 4.21. The lowest BCUT2D eigenvalue weighted by Crippen LogP contribution is -2.22. The van der Waals surface area contributed by atoms with Crippen LogP contribution in [0.4, 0.5) is 4.39 Å². The topological polar surface area (TPSA) is 55.2 Å². The van der Waals surface area contributed by atoms with Gasteiger partial charge in [0.1, 0.15) is 12.1 Å². The summed E-state index contributed by atoms with van der Waals surface area (Å²) in [5.41, 5.74) is 0.854. The number of aromatic nitrogens is 2. The Bertz CT molecular complexity index is 635. The van der Waals surface area contributed by atoms with E-state index in [4.69, 9.17) is 0 Å². The molecule has 0 fully saturated rings. The zero-order valence-corrected chi connectivity index (χ0v) is 10.5. The number of hydrogen-bond acceptors (Lipinski definition) is 3. The van der Waals surface area contributed by atoms with Gasteiger partial charge in [-0.1, -0.05) is 0 Å². The lowest BCUT2D eigenvalue weighted by molar-refractivity contribution is 0.0821. The fourth-order valence-corrected chi connectivity index (χ4v) is 1.61. The smallest absolute Gasteiger partial charge is 0.273 e. The first kappa shape index (κ1) is 12.9. The van der Waals surface area contributed by atoms with Crippen LogP contribution in [0, 0.1) is 5.82 Å². The van der Waals surface area contributed by atoms with Gasteiger partial charge in [0.05, 0.1) is 5.69 Å². The van der Waals surface area contributed by atoms with Crippen LogP contribution in [0.2, 0.25) is 0 Å². The van der Waals surface area contributed by atoms with Crippen LogP contribution in [0.25, 0.3) is 5.69 Å². The third-order valence-electron chi connectivity index (χ3n) is 2.52. The predicted molar refractivity (Wildman–Crippen MR) is 66.9 cm³/mol. The van der Waals surface area contributed by atoms with E-state index in [2.05, 4.69) is 5.10 Å². The molecule has 0 bridgehead atoms. The van der Waals surface area contributed by atoms with E-state index in [-0.39, 0.29) is 17.2 Å². The molecule has 0 saturated heterocycles. The van der Waals surface area contributed by atoms with Crippen LogP contribution in [0.1, 0.15) is 20.8 Å². The van der Waals surface area contributed by atoms with E-state index in [0.717, 1.165) is 6.07 Å². The summed E-state index contributed by atoms with van der Waals surface area (Å²) in [4.78, 5) is 23.8. The zero-order chi connectivity index (χ0) is 14.0. The summed E-state index contributed by atoms with van der Waals surface area (Å²) < 4.78 is 14.7. The molecule has 0 radical (unpaired) electrons. The summed E-state index contributed by atoms with van der Waals surface area (Å²) in [5.74, 6) is -0.777. The van der Waals surface area contributed by atoms with Crippen LogP contribution < -0.4 is 0 Å². The molecule has 0 N–H and O–H groups in total. The Morgan fingerprint density at radius 1 is 1.37 bits per heavy atom. The molecule has 98 valence electrons. The highest BCUT2D eigenvalue weighted by molar-refractivity contribution is 5.91. The molecule has 5 nitrogen and oxygen atoms in total. The molecule has 1 aromatic carbocycles. The normalized spacial score (nSPS) is 10.3. The van der Waals surface area contributed by atoms with Gasteiger partial charge in [0.15, 0.2) is 5.69 Å². The van der Waals surface area contributed by atoms with Crippen molar-refractivity contribution in [2.45, 2.75) is 0 Å². The molecule has 2 rings (SSSR count). The lowest BCUT2D eigenvalue weighted by Gasteiger charge is -2.07. The summed E-state index contributed by atoms with van der Waals surface area (Å²) >= 11 is 0. The highest BCUT2D eigenvalue weighted by Crippen LogP contribution is 2.13. The van der Waals surface area contributed by atoms with Gasteiger partial charge < -0.3 is 4.90 Å². The maximum absolute atomic E-state index is 13.3. The summed E-state index contributed by atoms with van der Waals surface area (Å²) in [6.07, 6.45) is 2.10. The molecule has 0 atom stereocenters. The van der Waals surface area contributed by atoms with E-state index in [9.17, 15) is 14.0 Å². The van der Waals surface area contributed by atoms with Crippen molar-refractivity contribution in [3.8, 4) is 5.69 Å². The highest BCUT2D eigenvalue weighted by Gasteiger charge is 2.12. The van der Waals surface area contributed by atoms with Crippen LogP contribution >= 0.6 is 0 Å². The Kier molecular flexibility index (Phi) is 3.41. The number of carbonyl (C=O) groups excluding carboxylic acids is 2. The van der Waals surface area contributed by atoms with E-state index in [1.807, 2.05) is 0 Å². The highest BCUT2D eigenvalue weighted by atomic mass is 19.1. The monoisotopic (exact) mass is 261 g/mol. The van der Waals surface area contributed by atoms with E-state index < -0.39 is 5.82 Å². The van der Waals surface area contributed by atoms with Crippen molar-refractivity contribution in [1.29, 1.82) is 0 Å². The second kappa shape index (κ2) is 5.01. The molecule has 0 unspecified atom stereocenters. The van der Waals surface area contributed by atoms with Gasteiger partial charge in [0.2, 0.25) is 0 Å². The third-order valence-corrected chi connectivity index (χ3v) is 2.52. The average Bonchev–Trinajstić information content (AvgIpc) is 2.86. The molecule has 0 aliphatic rings. The molecule has 1 amide bonds. The first-order valence-corrected chi connectivity index (χ1v) is 5.54. The first-order valence-electron chi connectivity index (χ1n) is 5.54. The second-order valence-electron chi connectivity index (χ2n) is 4.21. The molecule has 0 saturated carbocycles. The fraction of sp³-hybridized carbons (Fsp3) is 0.154. The standard InChI is InChI=1S/C13H12FN3O2/c1-16(2)13(19)12-3-4-17(15-12)11-6-9(8-18)5-10(14)7-11/h3-8H,1-2H3. The van der Waals surface area contributed by atoms with Gasteiger partial charge in [-0.15, -0.1) is 0 Å². The molecule has 19 heavy (non-hydrogen) atoms. The van der Waals surface area contributed by atoms with Crippen molar-refractivity contribution >= 4 is 12.2 Å². The minimum atomic E-state index is -0.532. The minimum Gasteiger partial charge on any atom is -0.343 e. The van der Waals surface area contributed by atoms with Crippen molar-refractivity contribution in [3.05, 3.63) is 47.5 Å². The number of carbonyl (C=O) groups is 2. The quantitative estimate of drug-likeness (QED) is 0.787. The van der Waals surface area contributed by atoms with Gasteiger partial charge in [-0.2, -0.15) is 5.10 Å².